The quantitative estimate of drug-likeness (QED) is 0.815. The highest BCUT2D eigenvalue weighted by atomic mass is 32.2. The maximum absolute atomic E-state index is 13.3. The number of benzene rings is 1. The van der Waals surface area contributed by atoms with Gasteiger partial charge in [0.15, 0.2) is 9.84 Å². The molecule has 0 amide bonds. The summed E-state index contributed by atoms with van der Waals surface area (Å²) in [5.74, 6) is -0.505. The largest absolute Gasteiger partial charge is 0.223 e. The molecule has 4 heteroatoms. The summed E-state index contributed by atoms with van der Waals surface area (Å²) in [6.07, 6.45) is 1.90. The molecule has 0 aliphatic carbocycles. The molecule has 0 aromatic heterocycles. The molecule has 2 nitrogen and oxygen atoms in total. The molecule has 1 atom stereocenters. The molecule has 1 aromatic carbocycles. The van der Waals surface area contributed by atoms with E-state index in [1.54, 1.807) is 13.8 Å². The van der Waals surface area contributed by atoms with Gasteiger partial charge in [0.25, 0.3) is 0 Å². The van der Waals surface area contributed by atoms with Crippen molar-refractivity contribution in [2.45, 2.75) is 56.6 Å². The van der Waals surface area contributed by atoms with E-state index in [1.165, 1.54) is 12.1 Å². The van der Waals surface area contributed by atoms with Gasteiger partial charge in [-0.2, -0.15) is 0 Å². The predicted octanol–water partition coefficient (Wildman–Crippen LogP) is 3.88. The Balaban J connectivity index is 3.40. The van der Waals surface area contributed by atoms with Gasteiger partial charge < -0.3 is 0 Å². The first kappa shape index (κ1) is 15.2. The van der Waals surface area contributed by atoms with Crippen molar-refractivity contribution in [1.29, 1.82) is 0 Å². The number of aryl methyl sites for hydroxylation is 1. The molecule has 1 aromatic rings. The molecule has 1 unspecified atom stereocenters. The first-order valence-electron chi connectivity index (χ1n) is 6.29. The second-order valence-electron chi connectivity index (χ2n) is 4.97. The van der Waals surface area contributed by atoms with Crippen LogP contribution in [-0.4, -0.2) is 13.2 Å². The van der Waals surface area contributed by atoms with Crippen molar-refractivity contribution in [2.24, 2.45) is 0 Å². The third kappa shape index (κ3) is 2.58. The predicted molar refractivity (Wildman–Crippen MR) is 71.9 cm³/mol. The summed E-state index contributed by atoms with van der Waals surface area (Å²) < 4.78 is 37.8. The van der Waals surface area contributed by atoms with E-state index >= 15 is 0 Å². The first-order chi connectivity index (χ1) is 8.28. The lowest BCUT2D eigenvalue weighted by Crippen LogP contribution is -2.35. The van der Waals surface area contributed by atoms with Crippen molar-refractivity contribution in [3.8, 4) is 0 Å². The van der Waals surface area contributed by atoms with Crippen LogP contribution < -0.4 is 0 Å². The minimum Gasteiger partial charge on any atom is -0.223 e. The molecule has 0 N–H and O–H groups in total. The Morgan fingerprint density at radius 1 is 1.28 bits per heavy atom. The Hall–Kier alpha value is -0.900. The summed E-state index contributed by atoms with van der Waals surface area (Å²) in [5, 5.41) is 0. The van der Waals surface area contributed by atoms with Gasteiger partial charge >= 0.3 is 0 Å². The second kappa shape index (κ2) is 5.39. The molecular weight excluding hydrogens is 251 g/mol. The van der Waals surface area contributed by atoms with E-state index in [0.29, 0.717) is 18.4 Å². The number of halogens is 1. The Bertz CT molecular complexity index is 523. The minimum atomic E-state index is -3.51. The third-order valence-electron chi connectivity index (χ3n) is 3.62. The normalized spacial score (nSPS) is 15.4. The van der Waals surface area contributed by atoms with E-state index in [1.807, 2.05) is 13.8 Å². The monoisotopic (exact) mass is 272 g/mol. The molecule has 0 fully saturated rings. The van der Waals surface area contributed by atoms with Crippen LogP contribution in [0.3, 0.4) is 0 Å². The maximum atomic E-state index is 13.3. The molecule has 0 radical (unpaired) electrons. The third-order valence-corrected chi connectivity index (χ3v) is 6.42. The summed E-state index contributed by atoms with van der Waals surface area (Å²) in [7, 11) is -3.51. The van der Waals surface area contributed by atoms with Crippen LogP contribution in [0.25, 0.3) is 0 Å². The fourth-order valence-corrected chi connectivity index (χ4v) is 4.30. The highest BCUT2D eigenvalue weighted by Crippen LogP contribution is 2.34. The van der Waals surface area contributed by atoms with Crippen molar-refractivity contribution in [2.75, 3.05) is 0 Å². The van der Waals surface area contributed by atoms with Crippen LogP contribution in [0, 0.1) is 12.7 Å². The van der Waals surface area contributed by atoms with Gasteiger partial charge in [-0.05, 0) is 44.4 Å². The molecular formula is C14H21FO2S. The van der Waals surface area contributed by atoms with Crippen LogP contribution in [0.4, 0.5) is 4.39 Å². The summed E-state index contributed by atoms with van der Waals surface area (Å²) in [4.78, 5) is 0.125. The fraction of sp³-hybridized carbons (Fsp3) is 0.571. The summed E-state index contributed by atoms with van der Waals surface area (Å²) in [6, 6.07) is 3.94. The Kier molecular flexibility index (Phi) is 4.54. The van der Waals surface area contributed by atoms with Gasteiger partial charge in [0, 0.05) is 0 Å². The van der Waals surface area contributed by atoms with E-state index in [0.717, 1.165) is 12.5 Å². The molecule has 0 aliphatic heterocycles. The zero-order valence-corrected chi connectivity index (χ0v) is 12.3. The molecule has 0 bridgehead atoms. The Morgan fingerprint density at radius 2 is 1.89 bits per heavy atom. The van der Waals surface area contributed by atoms with E-state index < -0.39 is 20.4 Å². The van der Waals surface area contributed by atoms with Gasteiger partial charge in [-0.3, -0.25) is 0 Å². The van der Waals surface area contributed by atoms with Gasteiger partial charge in [0.2, 0.25) is 0 Å². The van der Waals surface area contributed by atoms with Crippen molar-refractivity contribution in [3.05, 3.63) is 29.6 Å². The van der Waals surface area contributed by atoms with E-state index in [4.69, 9.17) is 0 Å². The van der Waals surface area contributed by atoms with Crippen LogP contribution in [-0.2, 0) is 9.84 Å². The highest BCUT2D eigenvalue weighted by Gasteiger charge is 2.38. The first-order valence-corrected chi connectivity index (χ1v) is 7.77. The van der Waals surface area contributed by atoms with Gasteiger partial charge in [0.05, 0.1) is 9.64 Å². The van der Waals surface area contributed by atoms with Gasteiger partial charge in [0.1, 0.15) is 5.82 Å². The zero-order chi connectivity index (χ0) is 14.0. The average molecular weight is 272 g/mol. The number of hydrogen-bond donors (Lipinski definition) is 0. The van der Waals surface area contributed by atoms with Crippen LogP contribution in [0.15, 0.2) is 23.1 Å². The molecule has 0 saturated carbocycles. The second-order valence-corrected chi connectivity index (χ2v) is 7.40. The highest BCUT2D eigenvalue weighted by molar-refractivity contribution is 7.92. The van der Waals surface area contributed by atoms with E-state index in [2.05, 4.69) is 0 Å². The van der Waals surface area contributed by atoms with Gasteiger partial charge in [-0.25, -0.2) is 12.8 Å². The molecule has 1 rings (SSSR count). The van der Waals surface area contributed by atoms with Crippen molar-refractivity contribution < 1.29 is 12.8 Å². The summed E-state index contributed by atoms with van der Waals surface area (Å²) in [6.45, 7) is 7.27. The lowest BCUT2D eigenvalue weighted by molar-refractivity contribution is 0.487. The SMILES string of the molecule is CCCC(C)(CC)S(=O)(=O)c1cc(F)ccc1C. The molecule has 0 spiro atoms. The molecule has 0 aliphatic rings. The maximum Gasteiger partial charge on any atom is 0.184 e. The molecule has 102 valence electrons. The van der Waals surface area contributed by atoms with Crippen LogP contribution in [0.2, 0.25) is 0 Å². The van der Waals surface area contributed by atoms with Crippen molar-refractivity contribution >= 4 is 9.84 Å². The standard InChI is InChI=1S/C14H21FO2S/c1-5-9-14(4,6-2)18(16,17)13-10-12(15)8-7-11(13)3/h7-8,10H,5-6,9H2,1-4H3. The smallest absolute Gasteiger partial charge is 0.184 e. The van der Waals surface area contributed by atoms with Crippen molar-refractivity contribution in [1.82, 2.24) is 0 Å². The van der Waals surface area contributed by atoms with E-state index in [-0.39, 0.29) is 4.90 Å². The number of rotatable bonds is 5. The fourth-order valence-electron chi connectivity index (χ4n) is 2.16. The summed E-state index contributed by atoms with van der Waals surface area (Å²) >= 11 is 0. The molecule has 18 heavy (non-hydrogen) atoms. The van der Waals surface area contributed by atoms with Crippen LogP contribution >= 0.6 is 0 Å². The number of hydrogen-bond acceptors (Lipinski definition) is 2. The number of sulfone groups is 1. The zero-order valence-electron chi connectivity index (χ0n) is 11.5. The van der Waals surface area contributed by atoms with Crippen LogP contribution in [0.5, 0.6) is 0 Å². The average Bonchev–Trinajstić information content (AvgIpc) is 2.32. The molecule has 0 saturated heterocycles. The van der Waals surface area contributed by atoms with E-state index in [9.17, 15) is 12.8 Å². The molecule has 0 heterocycles. The van der Waals surface area contributed by atoms with Crippen molar-refractivity contribution in [3.63, 3.8) is 0 Å². The minimum absolute atomic E-state index is 0.125. The Morgan fingerprint density at radius 3 is 2.39 bits per heavy atom. The lowest BCUT2D eigenvalue weighted by atomic mass is 10.0. The Labute approximate surface area is 109 Å². The topological polar surface area (TPSA) is 34.1 Å². The lowest BCUT2D eigenvalue weighted by Gasteiger charge is -2.28. The van der Waals surface area contributed by atoms with Gasteiger partial charge in [-0.1, -0.05) is 26.3 Å². The van der Waals surface area contributed by atoms with Gasteiger partial charge in [-0.15, -0.1) is 0 Å². The van der Waals surface area contributed by atoms with Crippen LogP contribution in [0.1, 0.15) is 45.6 Å². The summed E-state index contributed by atoms with van der Waals surface area (Å²) in [5.41, 5.74) is 0.604.